The van der Waals surface area contributed by atoms with Crippen LogP contribution in [0.4, 0.5) is 18.9 Å². The van der Waals surface area contributed by atoms with E-state index < -0.39 is 17.6 Å². The molecule has 2 heterocycles. The van der Waals surface area contributed by atoms with Crippen molar-refractivity contribution in [3.05, 3.63) is 41.0 Å². The first-order valence-corrected chi connectivity index (χ1v) is 5.57. The third kappa shape index (κ3) is 2.42. The van der Waals surface area contributed by atoms with Crippen LogP contribution in [0.1, 0.15) is 22.5 Å². The second-order valence-electron chi connectivity index (χ2n) is 4.15. The Balaban J connectivity index is 2.43. The van der Waals surface area contributed by atoms with Gasteiger partial charge in [-0.1, -0.05) is 0 Å². The summed E-state index contributed by atoms with van der Waals surface area (Å²) in [7, 11) is 0. The fraction of sp³-hybridized carbons (Fsp3) is 0.250. The van der Waals surface area contributed by atoms with Crippen LogP contribution < -0.4 is 5.73 Å². The highest BCUT2D eigenvalue weighted by Gasteiger charge is 2.37. The third-order valence-corrected chi connectivity index (χ3v) is 2.87. The number of nitrogen functional groups attached to an aromatic ring is 1. The van der Waals surface area contributed by atoms with Gasteiger partial charge < -0.3 is 5.73 Å². The summed E-state index contributed by atoms with van der Waals surface area (Å²) in [5.41, 5.74) is 4.95. The zero-order chi connectivity index (χ0) is 14.9. The normalized spacial score (nSPS) is 11.3. The van der Waals surface area contributed by atoms with E-state index in [2.05, 4.69) is 10.1 Å². The minimum absolute atomic E-state index is 0.0253. The van der Waals surface area contributed by atoms with Gasteiger partial charge in [-0.2, -0.15) is 23.5 Å². The van der Waals surface area contributed by atoms with E-state index in [0.717, 1.165) is 4.68 Å². The quantitative estimate of drug-likeness (QED) is 0.914. The molecule has 0 saturated heterocycles. The van der Waals surface area contributed by atoms with Gasteiger partial charge in [0, 0.05) is 12.4 Å². The average molecular weight is 281 g/mol. The van der Waals surface area contributed by atoms with Crippen molar-refractivity contribution in [2.45, 2.75) is 19.6 Å². The number of hydrogen-bond acceptors (Lipinski definition) is 4. The highest BCUT2D eigenvalue weighted by molar-refractivity contribution is 5.49. The van der Waals surface area contributed by atoms with Crippen molar-refractivity contribution in [1.82, 2.24) is 14.8 Å². The molecule has 0 aliphatic heterocycles. The van der Waals surface area contributed by atoms with Gasteiger partial charge in [-0.15, -0.1) is 0 Å². The van der Waals surface area contributed by atoms with E-state index >= 15 is 0 Å². The van der Waals surface area contributed by atoms with Crippen LogP contribution in [0.15, 0.2) is 18.5 Å². The molecule has 0 atom stereocenters. The van der Waals surface area contributed by atoms with E-state index in [9.17, 15) is 13.2 Å². The smallest absolute Gasteiger partial charge is 0.395 e. The Hall–Kier alpha value is -2.56. The molecule has 2 N–H and O–H groups in total. The number of pyridine rings is 1. The van der Waals surface area contributed by atoms with Crippen molar-refractivity contribution in [1.29, 1.82) is 5.26 Å². The first-order valence-electron chi connectivity index (χ1n) is 5.57. The lowest BCUT2D eigenvalue weighted by atomic mass is 10.1. The molecule has 20 heavy (non-hydrogen) atoms. The molecule has 104 valence electrons. The van der Waals surface area contributed by atoms with Crippen LogP contribution in [-0.4, -0.2) is 14.8 Å². The highest BCUT2D eigenvalue weighted by atomic mass is 19.4. The van der Waals surface area contributed by atoms with Gasteiger partial charge in [-0.25, -0.2) is 0 Å². The van der Waals surface area contributed by atoms with E-state index in [1.807, 2.05) is 6.07 Å². The zero-order valence-corrected chi connectivity index (χ0v) is 10.4. The lowest BCUT2D eigenvalue weighted by Crippen LogP contribution is -2.10. The van der Waals surface area contributed by atoms with E-state index in [4.69, 9.17) is 11.0 Å². The summed E-state index contributed by atoms with van der Waals surface area (Å²) in [5.74, 6) is 0. The Labute approximate surface area is 112 Å². The number of nitrogens with two attached hydrogens (primary N) is 1. The maximum Gasteiger partial charge on any atom is 0.437 e. The summed E-state index contributed by atoms with van der Waals surface area (Å²) in [4.78, 5) is 3.79. The van der Waals surface area contributed by atoms with Crippen LogP contribution in [0.25, 0.3) is 0 Å². The van der Waals surface area contributed by atoms with Crippen molar-refractivity contribution in [3.63, 3.8) is 0 Å². The topological polar surface area (TPSA) is 80.5 Å². The molecule has 0 fully saturated rings. The largest absolute Gasteiger partial charge is 0.437 e. The third-order valence-electron chi connectivity index (χ3n) is 2.87. The molecule has 8 heteroatoms. The molecular formula is C12H10F3N5. The first-order chi connectivity index (χ1) is 9.34. The predicted octanol–water partition coefficient (Wildman–Crippen LogP) is 2.11. The van der Waals surface area contributed by atoms with Gasteiger partial charge in [0.2, 0.25) is 0 Å². The molecule has 0 bridgehead atoms. The van der Waals surface area contributed by atoms with Crippen molar-refractivity contribution < 1.29 is 13.2 Å². The number of alkyl halides is 3. The second kappa shape index (κ2) is 4.85. The van der Waals surface area contributed by atoms with E-state index in [-0.39, 0.29) is 17.8 Å². The molecule has 2 aromatic heterocycles. The molecule has 0 radical (unpaired) electrons. The van der Waals surface area contributed by atoms with E-state index in [0.29, 0.717) is 5.56 Å². The summed E-state index contributed by atoms with van der Waals surface area (Å²) in [6, 6.07) is 3.49. The molecule has 0 saturated carbocycles. The van der Waals surface area contributed by atoms with Gasteiger partial charge in [-0.3, -0.25) is 9.67 Å². The summed E-state index contributed by atoms with van der Waals surface area (Å²) < 4.78 is 39.3. The summed E-state index contributed by atoms with van der Waals surface area (Å²) in [6.45, 7) is 1.47. The molecule has 5 nitrogen and oxygen atoms in total. The number of nitrogens with zero attached hydrogens (tertiary/aromatic N) is 4. The van der Waals surface area contributed by atoms with Crippen LogP contribution in [0.5, 0.6) is 0 Å². The molecule has 0 aromatic carbocycles. The maximum absolute atomic E-state index is 12.7. The Bertz CT molecular complexity index is 681. The highest BCUT2D eigenvalue weighted by Crippen LogP contribution is 2.34. The van der Waals surface area contributed by atoms with Crippen molar-refractivity contribution >= 4 is 5.69 Å². The van der Waals surface area contributed by atoms with Crippen LogP contribution in [0.2, 0.25) is 0 Å². The van der Waals surface area contributed by atoms with Gasteiger partial charge in [0.1, 0.15) is 6.07 Å². The lowest BCUT2D eigenvalue weighted by molar-refractivity contribution is -0.140. The number of hydrogen-bond donors (Lipinski definition) is 1. The van der Waals surface area contributed by atoms with Crippen LogP contribution in [0.3, 0.4) is 0 Å². The summed E-state index contributed by atoms with van der Waals surface area (Å²) >= 11 is 0. The van der Waals surface area contributed by atoms with Crippen molar-refractivity contribution in [2.75, 3.05) is 5.73 Å². The van der Waals surface area contributed by atoms with E-state index in [1.165, 1.54) is 19.3 Å². The Morgan fingerprint density at radius 2 is 2.15 bits per heavy atom. The van der Waals surface area contributed by atoms with Gasteiger partial charge >= 0.3 is 6.18 Å². The second-order valence-corrected chi connectivity index (χ2v) is 4.15. The molecule has 0 aliphatic rings. The minimum Gasteiger partial charge on any atom is -0.395 e. The first kappa shape index (κ1) is 13.9. The van der Waals surface area contributed by atoms with Crippen LogP contribution in [0, 0.1) is 18.3 Å². The summed E-state index contributed by atoms with van der Waals surface area (Å²) in [5, 5.41) is 12.4. The van der Waals surface area contributed by atoms with Crippen LogP contribution >= 0.6 is 0 Å². The average Bonchev–Trinajstić information content (AvgIpc) is 2.67. The Morgan fingerprint density at radius 1 is 1.45 bits per heavy atom. The molecular weight excluding hydrogens is 271 g/mol. The van der Waals surface area contributed by atoms with Gasteiger partial charge in [0.25, 0.3) is 0 Å². The number of rotatable bonds is 2. The number of anilines is 1. The van der Waals surface area contributed by atoms with Crippen LogP contribution in [-0.2, 0) is 12.7 Å². The van der Waals surface area contributed by atoms with Gasteiger partial charge in [0.05, 0.1) is 23.5 Å². The van der Waals surface area contributed by atoms with Crippen molar-refractivity contribution in [2.24, 2.45) is 0 Å². The molecule has 0 aliphatic carbocycles. The predicted molar refractivity (Wildman–Crippen MR) is 64.4 cm³/mol. The Morgan fingerprint density at radius 3 is 2.70 bits per heavy atom. The monoisotopic (exact) mass is 281 g/mol. The molecule has 2 aromatic rings. The zero-order valence-electron chi connectivity index (χ0n) is 10.4. The maximum atomic E-state index is 12.7. The fourth-order valence-electron chi connectivity index (χ4n) is 1.75. The fourth-order valence-corrected chi connectivity index (χ4v) is 1.75. The molecule has 2 rings (SSSR count). The lowest BCUT2D eigenvalue weighted by Gasteiger charge is -2.06. The Kier molecular flexibility index (Phi) is 3.36. The molecule has 0 unspecified atom stereocenters. The summed E-state index contributed by atoms with van der Waals surface area (Å²) in [6.07, 6.45) is -1.79. The molecule has 0 spiro atoms. The SMILES string of the molecule is Cc1c(N)c(C(F)(F)F)nn1Cc1ccncc1C#N. The molecule has 0 amide bonds. The minimum atomic E-state index is -4.60. The van der Waals surface area contributed by atoms with Gasteiger partial charge in [0.15, 0.2) is 5.69 Å². The van der Waals surface area contributed by atoms with Gasteiger partial charge in [-0.05, 0) is 18.6 Å². The van der Waals surface area contributed by atoms with E-state index in [1.54, 1.807) is 6.07 Å². The number of nitriles is 1. The van der Waals surface area contributed by atoms with Crippen molar-refractivity contribution in [3.8, 4) is 6.07 Å². The number of aromatic nitrogens is 3. The number of halogens is 3. The standard InChI is InChI=1S/C12H10F3N5/c1-7-10(17)11(12(13,14)15)19-20(7)6-8-2-3-18-5-9(8)4-16/h2-3,5H,6,17H2,1H3.